The second-order valence-corrected chi connectivity index (χ2v) is 6.47. The Morgan fingerprint density at radius 1 is 1.08 bits per heavy atom. The Labute approximate surface area is 152 Å². The van der Waals surface area contributed by atoms with Crippen molar-refractivity contribution < 1.29 is 0 Å². The maximum Gasteiger partial charge on any atom is 0.156 e. The molecule has 3 heterocycles. The fourth-order valence-corrected chi connectivity index (χ4v) is 3.51. The standard InChI is InChI=1S/C18H19ClN4.ClH/c1-12-20-16-11-15(13-7-3-4-8-14(13)19)22-17(16)18(21-12)23-9-5-2-6-10-23;/h3-4,7-8,11,22H,2,5-6,9-10H2,1H3;1H. The van der Waals surface area contributed by atoms with Gasteiger partial charge in [0.1, 0.15) is 11.3 Å². The van der Waals surface area contributed by atoms with Crippen molar-refractivity contribution in [1.82, 2.24) is 15.0 Å². The van der Waals surface area contributed by atoms with E-state index in [-0.39, 0.29) is 12.4 Å². The topological polar surface area (TPSA) is 44.8 Å². The Balaban J connectivity index is 0.00000169. The zero-order valence-corrected chi connectivity index (χ0v) is 15.1. The van der Waals surface area contributed by atoms with Gasteiger partial charge in [0.2, 0.25) is 0 Å². The van der Waals surface area contributed by atoms with Crippen LogP contribution in [0.3, 0.4) is 0 Å². The SMILES string of the molecule is Cc1nc(N2CCCCC2)c2[nH]c(-c3ccccc3Cl)cc2n1.Cl. The molecule has 1 saturated heterocycles. The molecule has 0 amide bonds. The molecule has 2 aromatic heterocycles. The molecule has 1 aromatic carbocycles. The summed E-state index contributed by atoms with van der Waals surface area (Å²) in [6.07, 6.45) is 3.75. The molecule has 6 heteroatoms. The molecule has 0 unspecified atom stereocenters. The van der Waals surface area contributed by atoms with Crippen LogP contribution >= 0.6 is 24.0 Å². The Morgan fingerprint density at radius 3 is 2.58 bits per heavy atom. The minimum atomic E-state index is 0. The predicted molar refractivity (Wildman–Crippen MR) is 102 cm³/mol. The summed E-state index contributed by atoms with van der Waals surface area (Å²) in [6, 6.07) is 9.93. The molecule has 0 atom stereocenters. The van der Waals surface area contributed by atoms with Gasteiger partial charge in [-0.15, -0.1) is 12.4 Å². The molecule has 0 radical (unpaired) electrons. The van der Waals surface area contributed by atoms with Gasteiger partial charge in [0.25, 0.3) is 0 Å². The summed E-state index contributed by atoms with van der Waals surface area (Å²) in [7, 11) is 0. The highest BCUT2D eigenvalue weighted by Crippen LogP contribution is 2.32. The molecular formula is C18H20Cl2N4. The lowest BCUT2D eigenvalue weighted by Gasteiger charge is -2.28. The number of rotatable bonds is 2. The van der Waals surface area contributed by atoms with E-state index in [0.717, 1.165) is 52.0 Å². The molecule has 1 aliphatic heterocycles. The van der Waals surface area contributed by atoms with Gasteiger partial charge in [0.05, 0.1) is 5.52 Å². The summed E-state index contributed by atoms with van der Waals surface area (Å²) in [5.74, 6) is 1.83. The molecular weight excluding hydrogens is 343 g/mol. The number of nitrogens with one attached hydrogen (secondary N) is 1. The Bertz CT molecular complexity index is 853. The van der Waals surface area contributed by atoms with Crippen LogP contribution in [0.4, 0.5) is 5.82 Å². The minimum Gasteiger partial charge on any atom is -0.355 e. The average molecular weight is 363 g/mol. The molecule has 1 aliphatic rings. The highest BCUT2D eigenvalue weighted by Gasteiger charge is 2.18. The molecule has 24 heavy (non-hydrogen) atoms. The second kappa shape index (κ2) is 6.99. The van der Waals surface area contributed by atoms with E-state index in [1.807, 2.05) is 31.2 Å². The summed E-state index contributed by atoms with van der Waals surface area (Å²) in [5, 5.41) is 0.739. The quantitative estimate of drug-likeness (QED) is 0.697. The number of aryl methyl sites for hydroxylation is 1. The lowest BCUT2D eigenvalue weighted by atomic mass is 10.1. The molecule has 0 spiro atoms. The average Bonchev–Trinajstić information content (AvgIpc) is 2.99. The van der Waals surface area contributed by atoms with Gasteiger partial charge in [-0.25, -0.2) is 9.97 Å². The first kappa shape index (κ1) is 17.1. The van der Waals surface area contributed by atoms with Crippen molar-refractivity contribution in [3.63, 3.8) is 0 Å². The zero-order valence-electron chi connectivity index (χ0n) is 13.6. The number of halogens is 2. The van der Waals surface area contributed by atoms with Crippen LogP contribution in [0.15, 0.2) is 30.3 Å². The summed E-state index contributed by atoms with van der Waals surface area (Å²) in [4.78, 5) is 15.2. The first-order valence-electron chi connectivity index (χ1n) is 8.09. The van der Waals surface area contributed by atoms with Crippen molar-refractivity contribution in [1.29, 1.82) is 0 Å². The Morgan fingerprint density at radius 2 is 1.83 bits per heavy atom. The van der Waals surface area contributed by atoms with Crippen LogP contribution in [0.1, 0.15) is 25.1 Å². The van der Waals surface area contributed by atoms with Crippen molar-refractivity contribution in [2.45, 2.75) is 26.2 Å². The number of aromatic nitrogens is 3. The number of aromatic amines is 1. The third-order valence-electron chi connectivity index (χ3n) is 4.39. The fraction of sp³-hybridized carbons (Fsp3) is 0.333. The van der Waals surface area contributed by atoms with Crippen molar-refractivity contribution >= 4 is 40.9 Å². The van der Waals surface area contributed by atoms with Crippen LogP contribution < -0.4 is 4.90 Å². The van der Waals surface area contributed by atoms with E-state index < -0.39 is 0 Å². The van der Waals surface area contributed by atoms with Gasteiger partial charge in [0, 0.05) is 29.4 Å². The summed E-state index contributed by atoms with van der Waals surface area (Å²) < 4.78 is 0. The number of nitrogens with zero attached hydrogens (tertiary/aromatic N) is 3. The number of anilines is 1. The third kappa shape index (κ3) is 3.08. The van der Waals surface area contributed by atoms with Crippen molar-refractivity contribution in [3.05, 3.63) is 41.2 Å². The van der Waals surface area contributed by atoms with Crippen LogP contribution in [0.2, 0.25) is 5.02 Å². The van der Waals surface area contributed by atoms with E-state index >= 15 is 0 Å². The van der Waals surface area contributed by atoms with E-state index in [1.54, 1.807) is 0 Å². The van der Waals surface area contributed by atoms with Gasteiger partial charge >= 0.3 is 0 Å². The van der Waals surface area contributed by atoms with E-state index in [4.69, 9.17) is 16.6 Å². The zero-order chi connectivity index (χ0) is 15.8. The molecule has 1 fully saturated rings. The lowest BCUT2D eigenvalue weighted by Crippen LogP contribution is -2.30. The summed E-state index contributed by atoms with van der Waals surface area (Å²) in [6.45, 7) is 4.08. The van der Waals surface area contributed by atoms with Crippen molar-refractivity contribution in [2.75, 3.05) is 18.0 Å². The molecule has 0 bridgehead atoms. The number of hydrogen-bond acceptors (Lipinski definition) is 3. The number of H-pyrrole nitrogens is 1. The lowest BCUT2D eigenvalue weighted by molar-refractivity contribution is 0.574. The van der Waals surface area contributed by atoms with Gasteiger partial charge < -0.3 is 9.88 Å². The molecule has 4 rings (SSSR count). The number of hydrogen-bond donors (Lipinski definition) is 1. The van der Waals surface area contributed by atoms with Crippen LogP contribution in [-0.4, -0.2) is 28.0 Å². The Hall–Kier alpha value is -1.78. The largest absolute Gasteiger partial charge is 0.355 e. The third-order valence-corrected chi connectivity index (χ3v) is 4.72. The maximum atomic E-state index is 6.34. The van der Waals surface area contributed by atoms with Crippen LogP contribution in [0.25, 0.3) is 22.3 Å². The number of benzene rings is 1. The van der Waals surface area contributed by atoms with Gasteiger partial charge in [0.15, 0.2) is 5.82 Å². The smallest absolute Gasteiger partial charge is 0.156 e. The second-order valence-electron chi connectivity index (χ2n) is 6.07. The highest BCUT2D eigenvalue weighted by atomic mass is 35.5. The van der Waals surface area contributed by atoms with Gasteiger partial charge in [-0.3, -0.25) is 0 Å². The number of fused-ring (bicyclic) bond motifs is 1. The van der Waals surface area contributed by atoms with E-state index in [1.165, 1.54) is 19.3 Å². The van der Waals surface area contributed by atoms with Gasteiger partial charge in [-0.05, 0) is 38.3 Å². The molecule has 0 saturated carbocycles. The van der Waals surface area contributed by atoms with Crippen LogP contribution in [0.5, 0.6) is 0 Å². The molecule has 4 nitrogen and oxygen atoms in total. The molecule has 1 N–H and O–H groups in total. The Kier molecular flexibility index (Phi) is 4.97. The van der Waals surface area contributed by atoms with Gasteiger partial charge in [-0.2, -0.15) is 0 Å². The summed E-state index contributed by atoms with van der Waals surface area (Å²) in [5.41, 5.74) is 3.94. The van der Waals surface area contributed by atoms with Crippen molar-refractivity contribution in [3.8, 4) is 11.3 Å². The molecule has 0 aliphatic carbocycles. The van der Waals surface area contributed by atoms with Crippen LogP contribution in [-0.2, 0) is 0 Å². The first-order valence-corrected chi connectivity index (χ1v) is 8.47. The first-order chi connectivity index (χ1) is 11.2. The fourth-order valence-electron chi connectivity index (χ4n) is 3.27. The summed E-state index contributed by atoms with van der Waals surface area (Å²) >= 11 is 6.34. The molecule has 3 aromatic rings. The van der Waals surface area contributed by atoms with E-state index in [9.17, 15) is 0 Å². The minimum absolute atomic E-state index is 0. The maximum absolute atomic E-state index is 6.34. The van der Waals surface area contributed by atoms with E-state index in [2.05, 4.69) is 20.9 Å². The van der Waals surface area contributed by atoms with E-state index in [0.29, 0.717) is 0 Å². The normalized spacial score (nSPS) is 14.7. The monoisotopic (exact) mass is 362 g/mol. The predicted octanol–water partition coefficient (Wildman–Crippen LogP) is 5.00. The number of piperidine rings is 1. The van der Waals surface area contributed by atoms with Crippen molar-refractivity contribution in [2.24, 2.45) is 0 Å². The highest BCUT2D eigenvalue weighted by molar-refractivity contribution is 6.33. The van der Waals surface area contributed by atoms with Crippen LogP contribution in [0, 0.1) is 6.92 Å². The van der Waals surface area contributed by atoms with Gasteiger partial charge in [-0.1, -0.05) is 29.8 Å². The molecule has 126 valence electrons.